The molecule has 1 aromatic heterocycles. The summed E-state index contributed by atoms with van der Waals surface area (Å²) in [5, 5.41) is 4.11. The second-order valence-electron chi connectivity index (χ2n) is 7.76. The van der Waals surface area contributed by atoms with E-state index in [1.54, 1.807) is 6.07 Å². The lowest BCUT2D eigenvalue weighted by atomic mass is 9.88. The average Bonchev–Trinajstić information content (AvgIpc) is 3.20. The number of hydrogen-bond acceptors (Lipinski definition) is 3. The van der Waals surface area contributed by atoms with Crippen molar-refractivity contribution in [3.63, 3.8) is 0 Å². The summed E-state index contributed by atoms with van der Waals surface area (Å²) in [5.74, 6) is -0.518. The van der Waals surface area contributed by atoms with E-state index in [2.05, 4.69) is 15.2 Å². The monoisotopic (exact) mass is 409 g/mol. The summed E-state index contributed by atoms with van der Waals surface area (Å²) in [7, 11) is 0. The van der Waals surface area contributed by atoms with Crippen LogP contribution in [0.25, 0.3) is 10.9 Å². The number of hydrogen-bond donors (Lipinski definition) is 2. The van der Waals surface area contributed by atoms with Crippen LogP contribution >= 0.6 is 0 Å². The molecule has 0 bridgehead atoms. The first-order valence-electron chi connectivity index (χ1n) is 10.6. The van der Waals surface area contributed by atoms with E-state index in [1.807, 2.05) is 36.5 Å². The largest absolute Gasteiger partial charge is 0.379 e. The van der Waals surface area contributed by atoms with Crippen LogP contribution in [0.2, 0.25) is 0 Å². The van der Waals surface area contributed by atoms with Gasteiger partial charge < -0.3 is 15.0 Å². The molecule has 2 heterocycles. The number of para-hydroxylation sites is 1. The van der Waals surface area contributed by atoms with Crippen LogP contribution in [-0.2, 0) is 9.53 Å². The fourth-order valence-corrected chi connectivity index (χ4v) is 4.13. The number of aromatic amines is 1. The van der Waals surface area contributed by atoms with Crippen LogP contribution in [-0.4, -0.2) is 55.2 Å². The predicted molar refractivity (Wildman–Crippen MR) is 116 cm³/mol. The summed E-state index contributed by atoms with van der Waals surface area (Å²) in [6.07, 6.45) is 3.12. The summed E-state index contributed by atoms with van der Waals surface area (Å²) < 4.78 is 19.3. The molecule has 1 fully saturated rings. The Labute approximate surface area is 176 Å². The van der Waals surface area contributed by atoms with Crippen molar-refractivity contribution in [1.82, 2.24) is 15.2 Å². The number of ether oxygens (including phenoxy) is 1. The van der Waals surface area contributed by atoms with E-state index in [9.17, 15) is 9.18 Å². The van der Waals surface area contributed by atoms with Crippen molar-refractivity contribution in [2.75, 3.05) is 39.4 Å². The van der Waals surface area contributed by atoms with E-state index in [0.29, 0.717) is 6.54 Å². The zero-order valence-electron chi connectivity index (χ0n) is 17.1. The number of amides is 1. The molecule has 1 atom stereocenters. The van der Waals surface area contributed by atoms with Crippen LogP contribution in [0.1, 0.15) is 29.9 Å². The molecule has 3 aromatic rings. The van der Waals surface area contributed by atoms with Crippen LogP contribution in [0.4, 0.5) is 4.39 Å². The molecule has 0 unspecified atom stereocenters. The van der Waals surface area contributed by atoms with Gasteiger partial charge in [0.25, 0.3) is 0 Å². The van der Waals surface area contributed by atoms with Gasteiger partial charge in [-0.15, -0.1) is 0 Å². The Hall–Kier alpha value is -2.70. The first-order valence-corrected chi connectivity index (χ1v) is 10.6. The second-order valence-corrected chi connectivity index (χ2v) is 7.76. The molecule has 1 aliphatic rings. The standard InChI is InChI=1S/C24H28FN3O2/c25-19-6-3-5-18(15-19)21(22-17-27-23-8-2-1-7-20(22)23)16-24(29)26-9-4-10-28-11-13-30-14-12-28/h1-3,5-8,15,17,21,27H,4,9-14,16H2,(H,26,29)/t21-/m0/s1. The number of fused-ring (bicyclic) bond motifs is 1. The molecule has 1 saturated heterocycles. The van der Waals surface area contributed by atoms with Crippen molar-refractivity contribution in [2.24, 2.45) is 0 Å². The second kappa shape index (κ2) is 9.87. The van der Waals surface area contributed by atoms with Gasteiger partial charge in [0.1, 0.15) is 5.82 Å². The highest BCUT2D eigenvalue weighted by Crippen LogP contribution is 2.33. The van der Waals surface area contributed by atoms with Gasteiger partial charge in [-0.2, -0.15) is 0 Å². The molecule has 158 valence electrons. The maximum atomic E-state index is 13.9. The van der Waals surface area contributed by atoms with Crippen LogP contribution < -0.4 is 5.32 Å². The number of aromatic nitrogens is 1. The van der Waals surface area contributed by atoms with E-state index < -0.39 is 0 Å². The summed E-state index contributed by atoms with van der Waals surface area (Å²) in [5.41, 5.74) is 2.84. The molecule has 1 amide bonds. The molecule has 2 aromatic carbocycles. The molecule has 0 saturated carbocycles. The highest BCUT2D eigenvalue weighted by atomic mass is 19.1. The van der Waals surface area contributed by atoms with Crippen LogP contribution in [0.5, 0.6) is 0 Å². The lowest BCUT2D eigenvalue weighted by Gasteiger charge is -2.26. The molecule has 0 spiro atoms. The Bertz CT molecular complexity index is 981. The first-order chi connectivity index (χ1) is 14.7. The van der Waals surface area contributed by atoms with Gasteiger partial charge in [-0.25, -0.2) is 4.39 Å². The molecular weight excluding hydrogens is 381 g/mol. The van der Waals surface area contributed by atoms with Crippen molar-refractivity contribution in [1.29, 1.82) is 0 Å². The molecule has 5 nitrogen and oxygen atoms in total. The van der Waals surface area contributed by atoms with Gasteiger partial charge in [0.15, 0.2) is 0 Å². The third-order valence-electron chi connectivity index (χ3n) is 5.71. The minimum absolute atomic E-state index is 0.0171. The van der Waals surface area contributed by atoms with Gasteiger partial charge in [0, 0.05) is 49.1 Å². The predicted octanol–water partition coefficient (Wildman–Crippen LogP) is 3.67. The van der Waals surface area contributed by atoms with Gasteiger partial charge in [-0.1, -0.05) is 30.3 Å². The zero-order valence-corrected chi connectivity index (χ0v) is 17.1. The SMILES string of the molecule is O=C(C[C@@H](c1cccc(F)c1)c1c[nH]c2ccccc12)NCCCN1CCOCC1. The number of carbonyl (C=O) groups excluding carboxylic acids is 1. The van der Waals surface area contributed by atoms with Crippen molar-refractivity contribution in [2.45, 2.75) is 18.8 Å². The summed E-state index contributed by atoms with van der Waals surface area (Å²) in [6.45, 7) is 5.07. The molecule has 4 rings (SSSR count). The Morgan fingerprint density at radius 3 is 2.83 bits per heavy atom. The smallest absolute Gasteiger partial charge is 0.220 e. The van der Waals surface area contributed by atoms with Crippen molar-refractivity contribution in [3.8, 4) is 0 Å². The van der Waals surface area contributed by atoms with E-state index in [4.69, 9.17) is 4.74 Å². The van der Waals surface area contributed by atoms with E-state index in [1.165, 1.54) is 12.1 Å². The number of carbonyl (C=O) groups is 1. The van der Waals surface area contributed by atoms with Crippen LogP contribution in [0.15, 0.2) is 54.7 Å². The highest BCUT2D eigenvalue weighted by Gasteiger charge is 2.22. The topological polar surface area (TPSA) is 57.4 Å². The minimum Gasteiger partial charge on any atom is -0.379 e. The number of nitrogens with zero attached hydrogens (tertiary/aromatic N) is 1. The Balaban J connectivity index is 1.43. The molecule has 30 heavy (non-hydrogen) atoms. The van der Waals surface area contributed by atoms with Gasteiger partial charge in [-0.3, -0.25) is 9.69 Å². The maximum Gasteiger partial charge on any atom is 0.220 e. The third kappa shape index (κ3) is 5.07. The number of morpholine rings is 1. The Kier molecular flexibility index (Phi) is 6.77. The average molecular weight is 410 g/mol. The lowest BCUT2D eigenvalue weighted by Crippen LogP contribution is -2.38. The third-order valence-corrected chi connectivity index (χ3v) is 5.71. The van der Waals surface area contributed by atoms with E-state index in [0.717, 1.165) is 61.3 Å². The Morgan fingerprint density at radius 2 is 2.00 bits per heavy atom. The molecule has 1 aliphatic heterocycles. The number of halogens is 1. The summed E-state index contributed by atoms with van der Waals surface area (Å²) in [6, 6.07) is 14.5. The van der Waals surface area contributed by atoms with E-state index in [-0.39, 0.29) is 24.1 Å². The quantitative estimate of drug-likeness (QED) is 0.558. The van der Waals surface area contributed by atoms with Crippen LogP contribution in [0.3, 0.4) is 0 Å². The fraction of sp³-hybridized carbons (Fsp3) is 0.375. The van der Waals surface area contributed by atoms with Gasteiger partial charge in [-0.05, 0) is 42.3 Å². The van der Waals surface area contributed by atoms with Crippen molar-refractivity contribution in [3.05, 3.63) is 71.7 Å². The molecule has 0 aliphatic carbocycles. The van der Waals surface area contributed by atoms with Gasteiger partial charge in [0.2, 0.25) is 5.91 Å². The summed E-state index contributed by atoms with van der Waals surface area (Å²) >= 11 is 0. The zero-order chi connectivity index (χ0) is 20.8. The number of nitrogens with one attached hydrogen (secondary N) is 2. The molecule has 0 radical (unpaired) electrons. The first kappa shape index (κ1) is 20.6. The summed E-state index contributed by atoms with van der Waals surface area (Å²) in [4.78, 5) is 18.4. The van der Waals surface area contributed by atoms with Crippen LogP contribution in [0, 0.1) is 5.82 Å². The number of rotatable bonds is 8. The molecule has 6 heteroatoms. The van der Waals surface area contributed by atoms with Crippen molar-refractivity contribution >= 4 is 16.8 Å². The normalized spacial score (nSPS) is 15.9. The lowest BCUT2D eigenvalue weighted by molar-refractivity contribution is -0.121. The maximum absolute atomic E-state index is 13.9. The number of H-pyrrole nitrogens is 1. The fourth-order valence-electron chi connectivity index (χ4n) is 4.13. The highest BCUT2D eigenvalue weighted by molar-refractivity contribution is 5.86. The minimum atomic E-state index is -0.289. The van der Waals surface area contributed by atoms with Crippen molar-refractivity contribution < 1.29 is 13.9 Å². The van der Waals surface area contributed by atoms with E-state index >= 15 is 0 Å². The number of benzene rings is 2. The van der Waals surface area contributed by atoms with Gasteiger partial charge >= 0.3 is 0 Å². The Morgan fingerprint density at radius 1 is 1.17 bits per heavy atom. The molecule has 2 N–H and O–H groups in total. The molecular formula is C24H28FN3O2. The van der Waals surface area contributed by atoms with Gasteiger partial charge in [0.05, 0.1) is 13.2 Å².